The van der Waals surface area contributed by atoms with Gasteiger partial charge in [-0.1, -0.05) is 41.1 Å². The number of hydrogen-bond acceptors (Lipinski definition) is 2. The fourth-order valence-electron chi connectivity index (χ4n) is 2.09. The van der Waals surface area contributed by atoms with Crippen molar-refractivity contribution in [3.63, 3.8) is 0 Å². The molecule has 0 unspecified atom stereocenters. The number of anilines is 1. The maximum Gasteiger partial charge on any atom is 0.142 e. The summed E-state index contributed by atoms with van der Waals surface area (Å²) in [5.41, 5.74) is 4.75. The zero-order valence-electron chi connectivity index (χ0n) is 12.9. The van der Waals surface area contributed by atoms with Crippen LogP contribution in [-0.4, -0.2) is 6.61 Å². The Bertz CT molecular complexity index is 610. The van der Waals surface area contributed by atoms with E-state index < -0.39 is 0 Å². The third-order valence-corrected chi connectivity index (χ3v) is 4.01. The van der Waals surface area contributed by atoms with Gasteiger partial charge in [-0.15, -0.1) is 0 Å². The van der Waals surface area contributed by atoms with Gasteiger partial charge in [0.2, 0.25) is 0 Å². The molecule has 0 saturated heterocycles. The Balaban J connectivity index is 2.11. The predicted molar refractivity (Wildman–Crippen MR) is 93.2 cm³/mol. The molecule has 3 heteroatoms. The fourth-order valence-corrected chi connectivity index (χ4v) is 2.73. The maximum atomic E-state index is 5.83. The minimum atomic E-state index is 0.742. The van der Waals surface area contributed by atoms with Gasteiger partial charge in [0.15, 0.2) is 0 Å². The van der Waals surface area contributed by atoms with Crippen LogP contribution >= 0.6 is 15.9 Å². The highest BCUT2D eigenvalue weighted by atomic mass is 79.9. The van der Waals surface area contributed by atoms with Gasteiger partial charge in [0.05, 0.1) is 12.3 Å². The highest BCUT2D eigenvalue weighted by molar-refractivity contribution is 9.10. The first-order valence-electron chi connectivity index (χ1n) is 7.32. The zero-order chi connectivity index (χ0) is 15.2. The van der Waals surface area contributed by atoms with E-state index in [0.717, 1.165) is 35.5 Å². The number of hydrogen-bond donors (Lipinski definition) is 1. The molecule has 0 aromatic heterocycles. The smallest absolute Gasteiger partial charge is 0.142 e. The second kappa shape index (κ2) is 7.51. The third kappa shape index (κ3) is 4.50. The molecule has 0 heterocycles. The summed E-state index contributed by atoms with van der Waals surface area (Å²) in [6, 6.07) is 12.7. The van der Waals surface area contributed by atoms with Crippen LogP contribution in [0, 0.1) is 13.8 Å². The quantitative estimate of drug-likeness (QED) is 0.748. The first kappa shape index (κ1) is 15.9. The first-order chi connectivity index (χ1) is 10.1. The van der Waals surface area contributed by atoms with E-state index in [2.05, 4.69) is 78.4 Å². The summed E-state index contributed by atoms with van der Waals surface area (Å²) in [4.78, 5) is 0. The van der Waals surface area contributed by atoms with E-state index in [1.54, 1.807) is 0 Å². The van der Waals surface area contributed by atoms with Crippen molar-refractivity contribution in [3.8, 4) is 5.75 Å². The Morgan fingerprint density at radius 1 is 1.05 bits per heavy atom. The van der Waals surface area contributed by atoms with E-state index in [1.807, 2.05) is 0 Å². The van der Waals surface area contributed by atoms with Crippen LogP contribution < -0.4 is 10.1 Å². The molecule has 0 radical (unpaired) electrons. The Kier molecular flexibility index (Phi) is 5.68. The molecule has 0 atom stereocenters. The number of halogens is 1. The number of benzene rings is 2. The molecule has 1 N–H and O–H groups in total. The SMILES string of the molecule is CCCOc1cc(C)ccc1NCc1ccc(C)cc1Br. The van der Waals surface area contributed by atoms with Gasteiger partial charge in [-0.05, 0) is 55.2 Å². The van der Waals surface area contributed by atoms with Crippen LogP contribution in [-0.2, 0) is 6.54 Å². The van der Waals surface area contributed by atoms with Crippen LogP contribution in [0.5, 0.6) is 5.75 Å². The highest BCUT2D eigenvalue weighted by Gasteiger charge is 2.05. The molecule has 2 aromatic carbocycles. The molecule has 21 heavy (non-hydrogen) atoms. The average Bonchev–Trinajstić information content (AvgIpc) is 2.45. The second-order valence-corrected chi connectivity index (χ2v) is 6.15. The van der Waals surface area contributed by atoms with E-state index in [0.29, 0.717) is 0 Å². The summed E-state index contributed by atoms with van der Waals surface area (Å²) in [6.45, 7) is 7.81. The number of ether oxygens (including phenoxy) is 1. The molecule has 2 aromatic rings. The largest absolute Gasteiger partial charge is 0.491 e. The van der Waals surface area contributed by atoms with Crippen molar-refractivity contribution in [2.24, 2.45) is 0 Å². The molecule has 112 valence electrons. The molecule has 0 aliphatic heterocycles. The van der Waals surface area contributed by atoms with Gasteiger partial charge in [-0.3, -0.25) is 0 Å². The predicted octanol–water partition coefficient (Wildman–Crippen LogP) is 5.47. The van der Waals surface area contributed by atoms with Gasteiger partial charge >= 0.3 is 0 Å². The lowest BCUT2D eigenvalue weighted by Crippen LogP contribution is -2.04. The molecule has 0 bridgehead atoms. The van der Waals surface area contributed by atoms with Gasteiger partial charge < -0.3 is 10.1 Å². The van der Waals surface area contributed by atoms with Crippen molar-refractivity contribution in [2.75, 3.05) is 11.9 Å². The fraction of sp³-hybridized carbons (Fsp3) is 0.333. The summed E-state index contributed by atoms with van der Waals surface area (Å²) in [6.07, 6.45) is 1.01. The van der Waals surface area contributed by atoms with Crippen LogP contribution in [0.2, 0.25) is 0 Å². The van der Waals surface area contributed by atoms with Gasteiger partial charge in [-0.25, -0.2) is 0 Å². The minimum Gasteiger partial charge on any atom is -0.491 e. The normalized spacial score (nSPS) is 10.5. The zero-order valence-corrected chi connectivity index (χ0v) is 14.5. The molecule has 0 fully saturated rings. The van der Waals surface area contributed by atoms with Gasteiger partial charge in [-0.2, -0.15) is 0 Å². The first-order valence-corrected chi connectivity index (χ1v) is 8.12. The van der Waals surface area contributed by atoms with E-state index >= 15 is 0 Å². The third-order valence-electron chi connectivity index (χ3n) is 3.28. The molecule has 0 aliphatic carbocycles. The summed E-state index contributed by atoms with van der Waals surface area (Å²) in [7, 11) is 0. The van der Waals surface area contributed by atoms with E-state index in [-0.39, 0.29) is 0 Å². The Morgan fingerprint density at radius 3 is 2.48 bits per heavy atom. The molecule has 0 aliphatic rings. The van der Waals surface area contributed by atoms with Crippen molar-refractivity contribution in [1.29, 1.82) is 0 Å². The summed E-state index contributed by atoms with van der Waals surface area (Å²) in [5, 5.41) is 3.47. The average molecular weight is 348 g/mol. The van der Waals surface area contributed by atoms with Crippen LogP contribution in [0.4, 0.5) is 5.69 Å². The Labute approximate surface area is 135 Å². The van der Waals surface area contributed by atoms with Crippen LogP contribution in [0.3, 0.4) is 0 Å². The van der Waals surface area contributed by atoms with E-state index in [1.165, 1.54) is 16.7 Å². The van der Waals surface area contributed by atoms with Crippen molar-refractivity contribution in [1.82, 2.24) is 0 Å². The Hall–Kier alpha value is -1.48. The molecular formula is C18H22BrNO. The molecular weight excluding hydrogens is 326 g/mol. The monoisotopic (exact) mass is 347 g/mol. The lowest BCUT2D eigenvalue weighted by Gasteiger charge is -2.14. The van der Waals surface area contributed by atoms with Crippen LogP contribution in [0.25, 0.3) is 0 Å². The van der Waals surface area contributed by atoms with Crippen molar-refractivity contribution >= 4 is 21.6 Å². The standard InChI is InChI=1S/C18H22BrNO/c1-4-9-21-18-11-14(3)6-8-17(18)20-12-15-7-5-13(2)10-16(15)19/h5-8,10-11,20H,4,9,12H2,1-3H3. The number of aryl methyl sites for hydroxylation is 2. The molecule has 0 amide bonds. The topological polar surface area (TPSA) is 21.3 Å². The van der Waals surface area contributed by atoms with Gasteiger partial charge in [0.1, 0.15) is 5.75 Å². The van der Waals surface area contributed by atoms with Crippen molar-refractivity contribution in [2.45, 2.75) is 33.7 Å². The van der Waals surface area contributed by atoms with E-state index in [9.17, 15) is 0 Å². The lowest BCUT2D eigenvalue weighted by atomic mass is 10.1. The lowest BCUT2D eigenvalue weighted by molar-refractivity contribution is 0.318. The molecule has 0 saturated carbocycles. The Morgan fingerprint density at radius 2 is 1.76 bits per heavy atom. The minimum absolute atomic E-state index is 0.742. The molecule has 2 rings (SSSR count). The van der Waals surface area contributed by atoms with Crippen molar-refractivity contribution < 1.29 is 4.74 Å². The highest BCUT2D eigenvalue weighted by Crippen LogP contribution is 2.27. The van der Waals surface area contributed by atoms with Crippen molar-refractivity contribution in [3.05, 3.63) is 57.6 Å². The molecule has 2 nitrogen and oxygen atoms in total. The summed E-state index contributed by atoms with van der Waals surface area (Å²) < 4.78 is 6.97. The molecule has 0 spiro atoms. The summed E-state index contributed by atoms with van der Waals surface area (Å²) in [5.74, 6) is 0.931. The number of rotatable bonds is 6. The van der Waals surface area contributed by atoms with Crippen LogP contribution in [0.1, 0.15) is 30.0 Å². The maximum absolute atomic E-state index is 5.83. The van der Waals surface area contributed by atoms with Gasteiger partial charge in [0.25, 0.3) is 0 Å². The summed E-state index contributed by atoms with van der Waals surface area (Å²) >= 11 is 3.62. The second-order valence-electron chi connectivity index (χ2n) is 5.30. The van der Waals surface area contributed by atoms with E-state index in [4.69, 9.17) is 4.74 Å². The number of nitrogens with one attached hydrogen (secondary N) is 1. The van der Waals surface area contributed by atoms with Gasteiger partial charge in [0, 0.05) is 11.0 Å². The van der Waals surface area contributed by atoms with Crippen LogP contribution in [0.15, 0.2) is 40.9 Å².